The third-order valence-corrected chi connectivity index (χ3v) is 1.95. The number of urea groups is 1. The Balaban J connectivity index is 2.21. The first-order chi connectivity index (χ1) is 6.25. The van der Waals surface area contributed by atoms with Crippen molar-refractivity contribution < 1.29 is 4.79 Å². The lowest BCUT2D eigenvalue weighted by Gasteiger charge is -2.15. The van der Waals surface area contributed by atoms with Gasteiger partial charge in [0, 0.05) is 0 Å². The average molecular weight is 177 g/mol. The summed E-state index contributed by atoms with van der Waals surface area (Å²) in [6.07, 6.45) is 0. The van der Waals surface area contributed by atoms with Gasteiger partial charge in [0.2, 0.25) is 0 Å². The van der Waals surface area contributed by atoms with Crippen molar-refractivity contribution in [2.75, 3.05) is 11.7 Å². The van der Waals surface area contributed by atoms with Crippen molar-refractivity contribution in [2.45, 2.75) is 6.92 Å². The summed E-state index contributed by atoms with van der Waals surface area (Å²) < 4.78 is 0. The first-order valence-electron chi connectivity index (χ1n) is 4.14. The Hall–Kier alpha value is -1.71. The molecule has 1 fully saturated rings. The molecule has 0 saturated carbocycles. The maximum absolute atomic E-state index is 10.8. The lowest BCUT2D eigenvalue weighted by atomic mass is 10.2. The van der Waals surface area contributed by atoms with Gasteiger partial charge in [-0.05, 0) is 24.6 Å². The molecule has 4 nitrogen and oxygen atoms in total. The Morgan fingerprint density at radius 1 is 1.46 bits per heavy atom. The summed E-state index contributed by atoms with van der Waals surface area (Å²) in [4.78, 5) is 10.8. The van der Waals surface area contributed by atoms with Gasteiger partial charge in [0.15, 0.2) is 0 Å². The molecule has 0 atom stereocenters. The summed E-state index contributed by atoms with van der Waals surface area (Å²) in [7, 11) is 0. The fourth-order valence-electron chi connectivity index (χ4n) is 1.30. The van der Waals surface area contributed by atoms with Crippen molar-refractivity contribution in [3.8, 4) is 0 Å². The second-order valence-corrected chi connectivity index (χ2v) is 3.04. The van der Waals surface area contributed by atoms with Gasteiger partial charge in [-0.3, -0.25) is 5.01 Å². The molecule has 0 aromatic heterocycles. The predicted octanol–water partition coefficient (Wildman–Crippen LogP) is 0.987. The second kappa shape index (κ2) is 2.97. The number of nitrogens with zero attached hydrogens (tertiary/aromatic N) is 1. The summed E-state index contributed by atoms with van der Waals surface area (Å²) in [5.41, 5.74) is 4.86. The van der Waals surface area contributed by atoms with E-state index in [1.165, 1.54) is 5.56 Å². The average Bonchev–Trinajstić information content (AvgIpc) is 2.52. The Morgan fingerprint density at radius 3 is 2.92 bits per heavy atom. The molecule has 2 rings (SSSR count). The van der Waals surface area contributed by atoms with E-state index in [9.17, 15) is 4.79 Å². The van der Waals surface area contributed by atoms with Crippen molar-refractivity contribution in [1.82, 2.24) is 10.7 Å². The van der Waals surface area contributed by atoms with Crippen LogP contribution >= 0.6 is 0 Å². The lowest BCUT2D eigenvalue weighted by molar-refractivity contribution is 0.248. The zero-order valence-electron chi connectivity index (χ0n) is 7.37. The van der Waals surface area contributed by atoms with E-state index in [2.05, 4.69) is 10.7 Å². The molecule has 13 heavy (non-hydrogen) atoms. The van der Waals surface area contributed by atoms with Gasteiger partial charge in [-0.15, -0.1) is 0 Å². The van der Waals surface area contributed by atoms with E-state index in [-0.39, 0.29) is 6.03 Å². The van der Waals surface area contributed by atoms with Crippen LogP contribution in [0.15, 0.2) is 24.3 Å². The van der Waals surface area contributed by atoms with Crippen molar-refractivity contribution in [3.05, 3.63) is 29.8 Å². The molecular formula is C9H11N3O. The SMILES string of the molecule is Cc1cccc(N2CNC(=O)N2)c1. The van der Waals surface area contributed by atoms with E-state index < -0.39 is 0 Å². The minimum absolute atomic E-state index is 0.151. The third kappa shape index (κ3) is 1.56. The van der Waals surface area contributed by atoms with Crippen LogP contribution in [0.2, 0.25) is 0 Å². The van der Waals surface area contributed by atoms with E-state index in [1.54, 1.807) is 5.01 Å². The molecule has 0 radical (unpaired) electrons. The Kier molecular flexibility index (Phi) is 1.81. The topological polar surface area (TPSA) is 44.4 Å². The minimum atomic E-state index is -0.151. The Bertz CT molecular complexity index is 337. The number of carbonyl (C=O) groups is 1. The van der Waals surface area contributed by atoms with Gasteiger partial charge < -0.3 is 5.32 Å². The number of anilines is 1. The van der Waals surface area contributed by atoms with Crippen LogP contribution in [0.3, 0.4) is 0 Å². The predicted molar refractivity (Wildman–Crippen MR) is 50.2 cm³/mol. The van der Waals surface area contributed by atoms with Crippen molar-refractivity contribution in [2.24, 2.45) is 0 Å². The normalized spacial score (nSPS) is 15.5. The van der Waals surface area contributed by atoms with Gasteiger partial charge in [0.25, 0.3) is 0 Å². The number of nitrogens with one attached hydrogen (secondary N) is 2. The molecule has 1 aliphatic heterocycles. The van der Waals surface area contributed by atoms with Crippen LogP contribution in [0, 0.1) is 6.92 Å². The quantitative estimate of drug-likeness (QED) is 0.671. The highest BCUT2D eigenvalue weighted by Gasteiger charge is 2.16. The molecule has 0 spiro atoms. The monoisotopic (exact) mass is 177 g/mol. The number of hydrogen-bond acceptors (Lipinski definition) is 2. The molecule has 0 unspecified atom stereocenters. The summed E-state index contributed by atoms with van der Waals surface area (Å²) in [5.74, 6) is 0. The fraction of sp³-hybridized carbons (Fsp3) is 0.222. The maximum atomic E-state index is 10.8. The van der Waals surface area contributed by atoms with Crippen LogP contribution in [0.25, 0.3) is 0 Å². The largest absolute Gasteiger partial charge is 0.335 e. The molecule has 1 aromatic rings. The number of benzene rings is 1. The van der Waals surface area contributed by atoms with Crippen LogP contribution in [0.4, 0.5) is 10.5 Å². The van der Waals surface area contributed by atoms with E-state index in [0.717, 1.165) is 5.69 Å². The number of carbonyl (C=O) groups excluding carboxylic acids is 1. The zero-order valence-corrected chi connectivity index (χ0v) is 7.37. The highest BCUT2D eigenvalue weighted by Crippen LogP contribution is 2.14. The molecule has 0 aliphatic carbocycles. The number of aryl methyl sites for hydroxylation is 1. The zero-order chi connectivity index (χ0) is 9.26. The number of rotatable bonds is 1. The number of amides is 2. The minimum Gasteiger partial charge on any atom is -0.317 e. The van der Waals surface area contributed by atoms with Gasteiger partial charge in [0.05, 0.1) is 5.69 Å². The van der Waals surface area contributed by atoms with Crippen LogP contribution < -0.4 is 15.8 Å². The molecule has 68 valence electrons. The van der Waals surface area contributed by atoms with E-state index in [4.69, 9.17) is 0 Å². The fourth-order valence-corrected chi connectivity index (χ4v) is 1.30. The van der Waals surface area contributed by atoms with Gasteiger partial charge >= 0.3 is 6.03 Å². The van der Waals surface area contributed by atoms with Crippen LogP contribution in [-0.4, -0.2) is 12.7 Å². The van der Waals surface area contributed by atoms with Crippen molar-refractivity contribution in [1.29, 1.82) is 0 Å². The third-order valence-electron chi connectivity index (χ3n) is 1.95. The van der Waals surface area contributed by atoms with Crippen LogP contribution in [0.5, 0.6) is 0 Å². The van der Waals surface area contributed by atoms with Crippen LogP contribution in [0.1, 0.15) is 5.56 Å². The molecular weight excluding hydrogens is 166 g/mol. The second-order valence-electron chi connectivity index (χ2n) is 3.04. The molecule has 4 heteroatoms. The summed E-state index contributed by atoms with van der Waals surface area (Å²) in [5, 5.41) is 4.44. The molecule has 1 heterocycles. The maximum Gasteiger partial charge on any atom is 0.335 e. The Labute approximate surface area is 76.5 Å². The number of hydrazine groups is 1. The highest BCUT2D eigenvalue weighted by molar-refractivity contribution is 5.79. The highest BCUT2D eigenvalue weighted by atomic mass is 16.2. The molecule has 1 saturated heterocycles. The van der Waals surface area contributed by atoms with Gasteiger partial charge in [0.1, 0.15) is 6.67 Å². The van der Waals surface area contributed by atoms with E-state index in [1.807, 2.05) is 31.2 Å². The van der Waals surface area contributed by atoms with E-state index >= 15 is 0 Å². The number of hydrogen-bond donors (Lipinski definition) is 2. The lowest BCUT2D eigenvalue weighted by Crippen LogP contribution is -2.32. The standard InChI is InChI=1S/C9H11N3O/c1-7-3-2-4-8(5-7)12-6-10-9(13)11-12/h2-5H,6H2,1H3,(H2,10,11,13). The van der Waals surface area contributed by atoms with Crippen LogP contribution in [-0.2, 0) is 0 Å². The van der Waals surface area contributed by atoms with Gasteiger partial charge in [-0.25, -0.2) is 10.2 Å². The summed E-state index contributed by atoms with van der Waals surface area (Å²) >= 11 is 0. The summed E-state index contributed by atoms with van der Waals surface area (Å²) in [6.45, 7) is 2.54. The van der Waals surface area contributed by atoms with E-state index in [0.29, 0.717) is 6.67 Å². The molecule has 1 aromatic carbocycles. The molecule has 2 amide bonds. The molecule has 2 N–H and O–H groups in total. The van der Waals surface area contributed by atoms with Crippen molar-refractivity contribution >= 4 is 11.7 Å². The summed E-state index contributed by atoms with van der Waals surface area (Å²) in [6, 6.07) is 7.82. The Morgan fingerprint density at radius 2 is 2.31 bits per heavy atom. The molecule has 0 bridgehead atoms. The van der Waals surface area contributed by atoms with Crippen molar-refractivity contribution in [3.63, 3.8) is 0 Å². The first kappa shape index (κ1) is 7.91. The van der Waals surface area contributed by atoms with Gasteiger partial charge in [-0.1, -0.05) is 12.1 Å². The smallest absolute Gasteiger partial charge is 0.317 e. The van der Waals surface area contributed by atoms with Gasteiger partial charge in [-0.2, -0.15) is 0 Å². The molecule has 1 aliphatic rings. The first-order valence-corrected chi connectivity index (χ1v) is 4.14.